The Morgan fingerprint density at radius 3 is 2.48 bits per heavy atom. The highest BCUT2D eigenvalue weighted by molar-refractivity contribution is 5.73. The maximum atomic E-state index is 6.19. The number of anilines is 1. The van der Waals surface area contributed by atoms with E-state index in [2.05, 4.69) is 43.2 Å². The molecule has 1 aliphatic carbocycles. The molecule has 0 amide bonds. The molecule has 5 heteroatoms. The third-order valence-electron chi connectivity index (χ3n) is 5.77. The van der Waals surface area contributed by atoms with Crippen LogP contribution in [0.2, 0.25) is 0 Å². The van der Waals surface area contributed by atoms with Gasteiger partial charge in [-0.05, 0) is 45.7 Å². The molecule has 1 fully saturated rings. The van der Waals surface area contributed by atoms with Gasteiger partial charge in [0, 0.05) is 17.8 Å². The van der Waals surface area contributed by atoms with E-state index in [4.69, 9.17) is 5.73 Å². The molecule has 1 aromatic heterocycles. The van der Waals surface area contributed by atoms with Crippen molar-refractivity contribution in [2.75, 3.05) is 5.73 Å². The summed E-state index contributed by atoms with van der Waals surface area (Å²) in [5.41, 5.74) is 9.53. The quantitative estimate of drug-likeness (QED) is 0.880. The van der Waals surface area contributed by atoms with Gasteiger partial charge in [0.05, 0.1) is 0 Å². The average Bonchev–Trinajstić information content (AvgIpc) is 2.77. The van der Waals surface area contributed by atoms with Crippen LogP contribution < -0.4 is 5.73 Å². The van der Waals surface area contributed by atoms with Gasteiger partial charge in [0.1, 0.15) is 0 Å². The van der Waals surface area contributed by atoms with Gasteiger partial charge in [-0.2, -0.15) is 0 Å². The van der Waals surface area contributed by atoms with Gasteiger partial charge in [-0.3, -0.25) is 0 Å². The minimum absolute atomic E-state index is 0.314. The molecule has 5 nitrogen and oxygen atoms in total. The maximum absolute atomic E-state index is 6.19. The lowest BCUT2D eigenvalue weighted by Crippen LogP contribution is -2.09. The number of benzene rings is 1. The van der Waals surface area contributed by atoms with Gasteiger partial charge in [0.25, 0.3) is 0 Å². The zero-order valence-corrected chi connectivity index (χ0v) is 13.4. The number of para-hydroxylation sites is 1. The predicted molar refractivity (Wildman–Crippen MR) is 83.5 cm³/mol. The Kier molecular flexibility index (Phi) is 2.87. The van der Waals surface area contributed by atoms with Crippen LogP contribution in [0.1, 0.15) is 33.3 Å². The molecule has 0 spiro atoms. The van der Waals surface area contributed by atoms with Gasteiger partial charge < -0.3 is 5.73 Å². The van der Waals surface area contributed by atoms with Crippen molar-refractivity contribution in [3.63, 3.8) is 0 Å². The smallest absolute Gasteiger partial charge is 0.184 e. The number of tetrazole rings is 1. The Bertz CT molecular complexity index is 670. The monoisotopic (exact) mass is 285 g/mol. The van der Waals surface area contributed by atoms with Crippen molar-refractivity contribution >= 4 is 5.69 Å². The molecule has 1 saturated carbocycles. The fourth-order valence-corrected chi connectivity index (χ4v) is 3.36. The molecule has 0 aliphatic heterocycles. The number of nitrogen functional groups attached to an aromatic ring is 1. The highest BCUT2D eigenvalue weighted by atomic mass is 15.5. The lowest BCUT2D eigenvalue weighted by Gasteiger charge is -2.09. The molecule has 21 heavy (non-hydrogen) atoms. The number of nitrogens with two attached hydrogens (primary N) is 1. The normalized spacial score (nSPS) is 19.7. The van der Waals surface area contributed by atoms with Gasteiger partial charge in [0.2, 0.25) is 0 Å². The van der Waals surface area contributed by atoms with Crippen LogP contribution in [0.4, 0.5) is 5.69 Å². The Morgan fingerprint density at radius 2 is 1.86 bits per heavy atom. The minimum Gasteiger partial charge on any atom is -0.398 e. The van der Waals surface area contributed by atoms with Crippen LogP contribution >= 0.6 is 0 Å². The molecule has 2 N–H and O–H groups in total. The molecular formula is C16H23N5. The largest absolute Gasteiger partial charge is 0.398 e. The van der Waals surface area contributed by atoms with E-state index in [-0.39, 0.29) is 0 Å². The third-order valence-corrected chi connectivity index (χ3v) is 5.77. The van der Waals surface area contributed by atoms with Crippen molar-refractivity contribution in [1.82, 2.24) is 20.2 Å². The topological polar surface area (TPSA) is 69.6 Å². The summed E-state index contributed by atoms with van der Waals surface area (Å²) in [7, 11) is 0. The molecular weight excluding hydrogens is 262 g/mol. The molecule has 0 atom stereocenters. The summed E-state index contributed by atoms with van der Waals surface area (Å²) in [4.78, 5) is 0. The fourth-order valence-electron chi connectivity index (χ4n) is 3.36. The van der Waals surface area contributed by atoms with E-state index in [9.17, 15) is 0 Å². The van der Waals surface area contributed by atoms with Gasteiger partial charge >= 0.3 is 0 Å². The molecule has 1 heterocycles. The van der Waals surface area contributed by atoms with Gasteiger partial charge in [-0.1, -0.05) is 39.8 Å². The molecule has 2 aromatic rings. The first kappa shape index (κ1) is 14.0. The number of hydrogen-bond acceptors (Lipinski definition) is 4. The van der Waals surface area contributed by atoms with Crippen LogP contribution in [0.15, 0.2) is 18.2 Å². The predicted octanol–water partition coefficient (Wildman–Crippen LogP) is 2.91. The third kappa shape index (κ3) is 1.94. The van der Waals surface area contributed by atoms with Crippen LogP contribution in [0, 0.1) is 23.7 Å². The molecule has 112 valence electrons. The molecule has 3 rings (SSSR count). The zero-order valence-electron chi connectivity index (χ0n) is 13.4. The first-order valence-corrected chi connectivity index (χ1v) is 7.38. The van der Waals surface area contributed by atoms with E-state index in [0.29, 0.717) is 16.7 Å². The molecule has 1 aromatic carbocycles. The molecule has 0 radical (unpaired) electrons. The molecule has 1 aliphatic rings. The minimum atomic E-state index is 0.314. The van der Waals surface area contributed by atoms with Crippen molar-refractivity contribution in [2.45, 2.75) is 41.2 Å². The maximum Gasteiger partial charge on any atom is 0.184 e. The van der Waals surface area contributed by atoms with Crippen molar-refractivity contribution in [3.8, 4) is 11.4 Å². The summed E-state index contributed by atoms with van der Waals surface area (Å²) in [6.45, 7) is 12.1. The first-order chi connectivity index (χ1) is 9.76. The van der Waals surface area contributed by atoms with E-state index >= 15 is 0 Å². The van der Waals surface area contributed by atoms with Crippen molar-refractivity contribution in [2.24, 2.45) is 16.7 Å². The lowest BCUT2D eigenvalue weighted by molar-refractivity contribution is 0.457. The SMILES string of the molecule is Cc1cccc(-c2nnnn2CC2C(C)(C)C2(C)C)c1N. The van der Waals surface area contributed by atoms with Crippen LogP contribution in [0.25, 0.3) is 11.4 Å². The second kappa shape index (κ2) is 4.29. The molecule has 0 bridgehead atoms. The first-order valence-electron chi connectivity index (χ1n) is 7.38. The number of aromatic nitrogens is 4. The summed E-state index contributed by atoms with van der Waals surface area (Å²) >= 11 is 0. The number of nitrogens with zero attached hydrogens (tertiary/aromatic N) is 4. The van der Waals surface area contributed by atoms with Crippen molar-refractivity contribution < 1.29 is 0 Å². The standard InChI is InChI=1S/C16H23N5/c1-10-7-6-8-11(13(10)17)14-18-19-20-21(14)9-12-15(2,3)16(12,4)5/h6-8,12H,9,17H2,1-5H3. The summed E-state index contributed by atoms with van der Waals surface area (Å²) in [6.07, 6.45) is 0. The second-order valence-corrected chi connectivity index (χ2v) is 7.22. The molecule has 0 unspecified atom stereocenters. The lowest BCUT2D eigenvalue weighted by atomic mass is 10.0. The summed E-state index contributed by atoms with van der Waals surface area (Å²) in [5, 5.41) is 12.2. The van der Waals surface area contributed by atoms with Crippen molar-refractivity contribution in [1.29, 1.82) is 0 Å². The summed E-state index contributed by atoms with van der Waals surface area (Å²) in [5.74, 6) is 1.33. The number of rotatable bonds is 3. The van der Waals surface area contributed by atoms with Crippen molar-refractivity contribution in [3.05, 3.63) is 23.8 Å². The number of aryl methyl sites for hydroxylation is 1. The van der Waals surface area contributed by atoms with Gasteiger partial charge in [0.15, 0.2) is 5.82 Å². The summed E-state index contributed by atoms with van der Waals surface area (Å²) in [6, 6.07) is 5.97. The van der Waals surface area contributed by atoms with Crippen LogP contribution in [0.3, 0.4) is 0 Å². The zero-order chi connectivity index (χ0) is 15.4. The van der Waals surface area contributed by atoms with E-state index < -0.39 is 0 Å². The molecule has 0 saturated heterocycles. The van der Waals surface area contributed by atoms with Crippen LogP contribution in [-0.4, -0.2) is 20.2 Å². The van der Waals surface area contributed by atoms with Gasteiger partial charge in [-0.15, -0.1) is 5.10 Å². The highest BCUT2D eigenvalue weighted by Gasteiger charge is 2.64. The Morgan fingerprint density at radius 1 is 1.19 bits per heavy atom. The Hall–Kier alpha value is -1.91. The number of hydrogen-bond donors (Lipinski definition) is 1. The Balaban J connectivity index is 1.94. The van der Waals surface area contributed by atoms with Crippen LogP contribution in [-0.2, 0) is 6.54 Å². The van der Waals surface area contributed by atoms with E-state index in [1.165, 1.54) is 0 Å². The van der Waals surface area contributed by atoms with E-state index in [0.717, 1.165) is 29.2 Å². The highest BCUT2D eigenvalue weighted by Crippen LogP contribution is 2.68. The Labute approximate surface area is 125 Å². The van der Waals surface area contributed by atoms with Crippen LogP contribution in [0.5, 0.6) is 0 Å². The fraction of sp³-hybridized carbons (Fsp3) is 0.562. The average molecular weight is 285 g/mol. The van der Waals surface area contributed by atoms with E-state index in [1.54, 1.807) is 0 Å². The summed E-state index contributed by atoms with van der Waals surface area (Å²) < 4.78 is 1.90. The second-order valence-electron chi connectivity index (χ2n) is 7.22. The van der Waals surface area contributed by atoms with E-state index in [1.807, 2.05) is 29.8 Å². The van der Waals surface area contributed by atoms with Gasteiger partial charge in [-0.25, -0.2) is 4.68 Å².